The van der Waals surface area contributed by atoms with Crippen molar-refractivity contribution in [2.45, 2.75) is 31.6 Å². The smallest absolute Gasteiger partial charge is 0.228 e. The van der Waals surface area contributed by atoms with Crippen LogP contribution in [0.5, 0.6) is 0 Å². The third-order valence-electron chi connectivity index (χ3n) is 6.54. The number of carbonyl (C=O) groups excluding carboxylic acids is 1. The quantitative estimate of drug-likeness (QED) is 0.614. The van der Waals surface area contributed by atoms with Gasteiger partial charge in [-0.1, -0.05) is 11.6 Å². The van der Waals surface area contributed by atoms with E-state index in [2.05, 4.69) is 15.3 Å². The molecule has 0 saturated heterocycles. The fourth-order valence-electron chi connectivity index (χ4n) is 5.26. The lowest BCUT2D eigenvalue weighted by Gasteiger charge is -2.16. The van der Waals surface area contributed by atoms with Gasteiger partial charge in [0.15, 0.2) is 0 Å². The molecule has 0 radical (unpaired) electrons. The third-order valence-corrected chi connectivity index (χ3v) is 6.77. The highest BCUT2D eigenvalue weighted by molar-refractivity contribution is 6.30. The molecule has 148 valence electrons. The summed E-state index contributed by atoms with van der Waals surface area (Å²) in [5, 5.41) is 4.38. The molecule has 0 aliphatic heterocycles. The number of anilines is 1. The van der Waals surface area contributed by atoms with Crippen LogP contribution in [-0.4, -0.2) is 15.9 Å². The Hall–Kier alpha value is -2.53. The summed E-state index contributed by atoms with van der Waals surface area (Å²) in [6.07, 6.45) is 7.24. The van der Waals surface area contributed by atoms with E-state index >= 15 is 0 Å². The average Bonchev–Trinajstić information content (AvgIpc) is 3.28. The van der Waals surface area contributed by atoms with E-state index in [0.29, 0.717) is 28.6 Å². The summed E-state index contributed by atoms with van der Waals surface area (Å²) in [6, 6.07) is 10.3. The Morgan fingerprint density at radius 1 is 1.03 bits per heavy atom. The van der Waals surface area contributed by atoms with Crippen LogP contribution in [0.3, 0.4) is 0 Å². The Kier molecular flexibility index (Phi) is 4.70. The third kappa shape index (κ3) is 3.60. The van der Waals surface area contributed by atoms with Crippen molar-refractivity contribution in [2.24, 2.45) is 17.8 Å². The Morgan fingerprint density at radius 2 is 1.83 bits per heavy atom. The molecular formula is C23H21ClFN3O. The molecule has 2 fully saturated rings. The molecule has 3 aromatic rings. The fraction of sp³-hybridized carbons (Fsp3) is 0.348. The van der Waals surface area contributed by atoms with Crippen molar-refractivity contribution in [3.63, 3.8) is 0 Å². The van der Waals surface area contributed by atoms with E-state index in [9.17, 15) is 9.18 Å². The van der Waals surface area contributed by atoms with Crippen molar-refractivity contribution in [3.8, 4) is 0 Å². The van der Waals surface area contributed by atoms with Gasteiger partial charge < -0.3 is 5.32 Å². The molecule has 2 aromatic heterocycles. The zero-order valence-corrected chi connectivity index (χ0v) is 16.6. The number of hydrogen-bond donors (Lipinski definition) is 1. The molecule has 1 N–H and O–H groups in total. The molecule has 0 unspecified atom stereocenters. The van der Waals surface area contributed by atoms with E-state index in [0.717, 1.165) is 36.6 Å². The molecule has 2 aliphatic carbocycles. The number of nitrogens with one attached hydrogen (secondary N) is 1. The number of carbonyl (C=O) groups is 1. The van der Waals surface area contributed by atoms with E-state index in [1.165, 1.54) is 17.8 Å². The molecule has 4 atom stereocenters. The molecule has 29 heavy (non-hydrogen) atoms. The number of halogens is 2. The SMILES string of the molecule is O=C(Nc1ccc(Cl)cn1)[C@H]1C[C@@H]2C[C@H](c3ccnc4ccc(F)cc34)C[C@@H]2C1. The molecule has 4 nitrogen and oxygen atoms in total. The number of benzene rings is 1. The Bertz CT molecular complexity index is 1060. The minimum atomic E-state index is -0.225. The maximum Gasteiger partial charge on any atom is 0.228 e. The van der Waals surface area contributed by atoms with Gasteiger partial charge in [-0.3, -0.25) is 9.78 Å². The summed E-state index contributed by atoms with van der Waals surface area (Å²) in [5.41, 5.74) is 2.03. The zero-order chi connectivity index (χ0) is 20.0. The largest absolute Gasteiger partial charge is 0.310 e. The molecule has 6 heteroatoms. The molecule has 1 amide bonds. The van der Waals surface area contributed by atoms with Gasteiger partial charge >= 0.3 is 0 Å². The first-order valence-corrected chi connectivity index (χ1v) is 10.4. The summed E-state index contributed by atoms with van der Waals surface area (Å²) < 4.78 is 13.8. The molecular weight excluding hydrogens is 389 g/mol. The molecule has 0 bridgehead atoms. The number of rotatable bonds is 3. The van der Waals surface area contributed by atoms with Gasteiger partial charge in [0, 0.05) is 23.7 Å². The normalized spacial score (nSPS) is 25.9. The van der Waals surface area contributed by atoms with Crippen molar-refractivity contribution in [1.82, 2.24) is 9.97 Å². The lowest BCUT2D eigenvalue weighted by atomic mass is 9.90. The van der Waals surface area contributed by atoms with Crippen molar-refractivity contribution in [3.05, 3.63) is 65.2 Å². The van der Waals surface area contributed by atoms with E-state index in [1.807, 2.05) is 12.3 Å². The Labute approximate surface area is 173 Å². The van der Waals surface area contributed by atoms with Crippen LogP contribution in [0.4, 0.5) is 10.2 Å². The topological polar surface area (TPSA) is 54.9 Å². The van der Waals surface area contributed by atoms with Crippen molar-refractivity contribution in [1.29, 1.82) is 0 Å². The van der Waals surface area contributed by atoms with Crippen LogP contribution in [0.1, 0.15) is 37.2 Å². The van der Waals surface area contributed by atoms with Gasteiger partial charge in [0.1, 0.15) is 11.6 Å². The first-order valence-electron chi connectivity index (χ1n) is 10.0. The van der Waals surface area contributed by atoms with E-state index < -0.39 is 0 Å². The minimum Gasteiger partial charge on any atom is -0.310 e. The lowest BCUT2D eigenvalue weighted by molar-refractivity contribution is -0.119. The average molecular weight is 410 g/mol. The molecule has 0 spiro atoms. The maximum absolute atomic E-state index is 13.8. The van der Waals surface area contributed by atoms with Gasteiger partial charge in [-0.25, -0.2) is 9.37 Å². The predicted molar refractivity (Wildman–Crippen MR) is 111 cm³/mol. The number of aromatic nitrogens is 2. The molecule has 1 aromatic carbocycles. The number of fused-ring (bicyclic) bond motifs is 2. The second-order valence-corrected chi connectivity index (χ2v) is 8.71. The van der Waals surface area contributed by atoms with E-state index in [4.69, 9.17) is 11.6 Å². The van der Waals surface area contributed by atoms with Crippen LogP contribution < -0.4 is 5.32 Å². The number of pyridine rings is 2. The van der Waals surface area contributed by atoms with E-state index in [-0.39, 0.29) is 17.6 Å². The summed E-state index contributed by atoms with van der Waals surface area (Å²) >= 11 is 5.85. The molecule has 2 heterocycles. The summed E-state index contributed by atoms with van der Waals surface area (Å²) in [5.74, 6) is 1.85. The van der Waals surface area contributed by atoms with Gasteiger partial charge in [0.25, 0.3) is 0 Å². The maximum atomic E-state index is 13.8. The van der Waals surface area contributed by atoms with Crippen LogP contribution in [0, 0.1) is 23.6 Å². The Balaban J connectivity index is 1.27. The van der Waals surface area contributed by atoms with Crippen molar-refractivity contribution < 1.29 is 9.18 Å². The van der Waals surface area contributed by atoms with Crippen molar-refractivity contribution in [2.75, 3.05) is 5.32 Å². The minimum absolute atomic E-state index is 0.0232. The molecule has 5 rings (SSSR count). The van der Waals surface area contributed by atoms with Gasteiger partial charge in [-0.05, 0) is 85.4 Å². The highest BCUT2D eigenvalue weighted by atomic mass is 35.5. The first kappa shape index (κ1) is 18.5. The predicted octanol–water partition coefficient (Wildman–Crippen LogP) is 5.58. The van der Waals surface area contributed by atoms with Crippen LogP contribution >= 0.6 is 11.6 Å². The first-order chi connectivity index (χ1) is 14.1. The highest BCUT2D eigenvalue weighted by Gasteiger charge is 2.44. The second kappa shape index (κ2) is 7.38. The van der Waals surface area contributed by atoms with Gasteiger partial charge in [-0.15, -0.1) is 0 Å². The van der Waals surface area contributed by atoms with Gasteiger partial charge in [0.05, 0.1) is 10.5 Å². The van der Waals surface area contributed by atoms with Crippen molar-refractivity contribution >= 4 is 34.2 Å². The molecule has 2 saturated carbocycles. The van der Waals surface area contributed by atoms with Gasteiger partial charge in [0.2, 0.25) is 5.91 Å². The van der Waals surface area contributed by atoms with Crippen LogP contribution in [0.25, 0.3) is 10.9 Å². The molecule has 2 aliphatic rings. The summed E-state index contributed by atoms with van der Waals surface area (Å²) in [7, 11) is 0. The van der Waals surface area contributed by atoms with Crippen LogP contribution in [0.15, 0.2) is 48.8 Å². The van der Waals surface area contributed by atoms with Gasteiger partial charge in [-0.2, -0.15) is 0 Å². The number of amides is 1. The highest BCUT2D eigenvalue weighted by Crippen LogP contribution is 2.53. The monoisotopic (exact) mass is 409 g/mol. The Morgan fingerprint density at radius 3 is 2.55 bits per heavy atom. The summed E-state index contributed by atoms with van der Waals surface area (Å²) in [4.78, 5) is 21.2. The summed E-state index contributed by atoms with van der Waals surface area (Å²) in [6.45, 7) is 0. The van der Waals surface area contributed by atoms with Crippen LogP contribution in [0.2, 0.25) is 5.02 Å². The fourth-order valence-corrected chi connectivity index (χ4v) is 5.37. The second-order valence-electron chi connectivity index (χ2n) is 8.27. The standard InChI is InChI=1S/C23H21ClFN3O/c24-17-1-4-22(27-12-17)28-23(29)16-9-13-7-15(8-14(13)10-16)19-5-6-26-21-3-2-18(25)11-20(19)21/h1-6,11-16H,7-10H2,(H,27,28,29)/t13-,14+,15-,16-. The lowest BCUT2D eigenvalue weighted by Crippen LogP contribution is -2.22. The number of nitrogens with zero attached hydrogens (tertiary/aromatic N) is 2. The van der Waals surface area contributed by atoms with Crippen LogP contribution in [-0.2, 0) is 4.79 Å². The zero-order valence-electron chi connectivity index (χ0n) is 15.8. The number of hydrogen-bond acceptors (Lipinski definition) is 3. The van der Waals surface area contributed by atoms with E-state index in [1.54, 1.807) is 24.3 Å².